The van der Waals surface area contributed by atoms with Gasteiger partial charge in [0.15, 0.2) is 0 Å². The van der Waals surface area contributed by atoms with E-state index in [9.17, 15) is 9.59 Å². The summed E-state index contributed by atoms with van der Waals surface area (Å²) in [4.78, 5) is 39.2. The minimum atomic E-state index is -0.636. The highest BCUT2D eigenvalue weighted by atomic mass is 16.7. The molecule has 3 heterocycles. The highest BCUT2D eigenvalue weighted by molar-refractivity contribution is 6.61. The van der Waals surface area contributed by atoms with Crippen LogP contribution in [0.1, 0.15) is 89.0 Å². The predicted molar refractivity (Wildman–Crippen MR) is 153 cm³/mol. The molecule has 10 nitrogen and oxygen atoms in total. The minimum absolute atomic E-state index is 0.0641. The molecule has 2 fully saturated rings. The number of ether oxygens (including phenoxy) is 1. The van der Waals surface area contributed by atoms with Crippen LogP contribution in [0.4, 0.5) is 10.7 Å². The van der Waals surface area contributed by atoms with E-state index < -0.39 is 36.1 Å². The fourth-order valence-corrected chi connectivity index (χ4v) is 4.89. The van der Waals surface area contributed by atoms with Crippen LogP contribution in [-0.4, -0.2) is 82.0 Å². The van der Waals surface area contributed by atoms with Gasteiger partial charge in [-0.3, -0.25) is 4.79 Å². The van der Waals surface area contributed by atoms with Crippen molar-refractivity contribution in [3.05, 3.63) is 12.4 Å². The second-order valence-corrected chi connectivity index (χ2v) is 13.3. The van der Waals surface area contributed by atoms with Gasteiger partial charge in [0.2, 0.25) is 11.9 Å². The molecule has 1 aromatic rings. The van der Waals surface area contributed by atoms with E-state index in [1.807, 2.05) is 46.4 Å². The number of likely N-dealkylation sites (tertiary alicyclic amines) is 1. The molecule has 3 rings (SSSR count). The zero-order valence-corrected chi connectivity index (χ0v) is 25.7. The molecule has 1 N–H and O–H groups in total. The van der Waals surface area contributed by atoms with Crippen molar-refractivity contribution in [2.24, 2.45) is 5.92 Å². The van der Waals surface area contributed by atoms with Crippen LogP contribution in [0.15, 0.2) is 12.4 Å². The number of nitrogens with one attached hydrogen (secondary N) is 1. The maximum absolute atomic E-state index is 13.4. The molecule has 218 valence electrons. The maximum Gasteiger partial charge on any atom is 0.498 e. The standard InChI is InChI=1S/C28H48BN5O5/c1-18(2)22(32-25(36)37-26(5,6)7)23(35)33-14-12-21(13-15-33)34(19(3)4)24-30-16-20(17-31-24)29-38-27(8,9)28(10,11)39-29/h16-19,21-22H,12-15H2,1-11H3,(H,32,36)/t22-/m1/s1. The van der Waals surface area contributed by atoms with Crippen molar-refractivity contribution in [2.45, 2.75) is 124 Å². The number of nitrogens with zero attached hydrogens (tertiary/aromatic N) is 4. The minimum Gasteiger partial charge on any atom is -0.444 e. The van der Waals surface area contributed by atoms with Crippen LogP contribution in [0.5, 0.6) is 0 Å². The second-order valence-electron chi connectivity index (χ2n) is 13.3. The summed E-state index contributed by atoms with van der Waals surface area (Å²) in [6.45, 7) is 22.8. The van der Waals surface area contributed by atoms with Gasteiger partial charge in [-0.15, -0.1) is 0 Å². The van der Waals surface area contributed by atoms with Crippen LogP contribution in [0.2, 0.25) is 0 Å². The molecule has 2 aliphatic heterocycles. The number of amides is 2. The molecule has 2 aliphatic rings. The smallest absolute Gasteiger partial charge is 0.444 e. The first kappa shape index (κ1) is 31.1. The van der Waals surface area contributed by atoms with Crippen molar-refractivity contribution < 1.29 is 23.6 Å². The average Bonchev–Trinajstić information content (AvgIpc) is 3.03. The number of anilines is 1. The molecule has 0 aliphatic carbocycles. The number of carbonyl (C=O) groups excluding carboxylic acids is 2. The van der Waals surface area contributed by atoms with Gasteiger partial charge in [0, 0.05) is 43.0 Å². The number of hydrogen-bond acceptors (Lipinski definition) is 8. The van der Waals surface area contributed by atoms with E-state index in [1.165, 1.54) is 0 Å². The molecule has 1 aromatic heterocycles. The largest absolute Gasteiger partial charge is 0.498 e. The Hall–Kier alpha value is -2.40. The summed E-state index contributed by atoms with van der Waals surface area (Å²) in [6, 6.07) is -0.270. The summed E-state index contributed by atoms with van der Waals surface area (Å²) in [5.74, 6) is 0.515. The lowest BCUT2D eigenvalue weighted by Crippen LogP contribution is -2.56. The second kappa shape index (κ2) is 11.6. The number of piperidine rings is 1. The SMILES string of the molecule is CC(C)[C@@H](NC(=O)OC(C)(C)C)C(=O)N1CCC(N(c2ncc(B3OC(C)(C)C(C)(C)O3)cn2)C(C)C)CC1. The lowest BCUT2D eigenvalue weighted by molar-refractivity contribution is -0.135. The Kier molecular flexibility index (Phi) is 9.27. The van der Waals surface area contributed by atoms with Crippen molar-refractivity contribution in [2.75, 3.05) is 18.0 Å². The number of hydrogen-bond donors (Lipinski definition) is 1. The summed E-state index contributed by atoms with van der Waals surface area (Å²) in [7, 11) is -0.506. The topological polar surface area (TPSA) is 106 Å². The maximum atomic E-state index is 13.4. The van der Waals surface area contributed by atoms with Crippen molar-refractivity contribution in [1.29, 1.82) is 0 Å². The van der Waals surface area contributed by atoms with E-state index in [1.54, 1.807) is 33.2 Å². The number of alkyl carbamates (subject to hydrolysis) is 1. The summed E-state index contributed by atoms with van der Waals surface area (Å²) >= 11 is 0. The van der Waals surface area contributed by atoms with Crippen LogP contribution < -0.4 is 15.7 Å². The first-order chi connectivity index (χ1) is 17.9. The first-order valence-electron chi connectivity index (χ1n) is 14.2. The van der Waals surface area contributed by atoms with Crippen LogP contribution in [0.25, 0.3) is 0 Å². The molecule has 0 spiro atoms. The van der Waals surface area contributed by atoms with E-state index in [2.05, 4.69) is 24.1 Å². The molecule has 39 heavy (non-hydrogen) atoms. The molecule has 0 unspecified atom stereocenters. The average molecular weight is 546 g/mol. The molecule has 0 saturated carbocycles. The molecule has 2 saturated heterocycles. The van der Waals surface area contributed by atoms with Gasteiger partial charge in [0.05, 0.1) is 11.2 Å². The van der Waals surface area contributed by atoms with Gasteiger partial charge in [-0.2, -0.15) is 0 Å². The number of carbonyl (C=O) groups is 2. The lowest BCUT2D eigenvalue weighted by Gasteiger charge is -2.41. The Morgan fingerprint density at radius 1 is 1.05 bits per heavy atom. The van der Waals surface area contributed by atoms with Crippen LogP contribution in [0.3, 0.4) is 0 Å². The summed E-state index contributed by atoms with van der Waals surface area (Å²) < 4.78 is 17.7. The van der Waals surface area contributed by atoms with E-state index in [4.69, 9.17) is 24.0 Å². The van der Waals surface area contributed by atoms with Gasteiger partial charge < -0.3 is 29.2 Å². The zero-order chi connectivity index (χ0) is 29.3. The Balaban J connectivity index is 1.64. The molecule has 0 radical (unpaired) electrons. The molecule has 1 atom stereocenters. The van der Waals surface area contributed by atoms with E-state index in [-0.39, 0.29) is 23.9 Å². The highest BCUT2D eigenvalue weighted by Gasteiger charge is 2.52. The third-order valence-electron chi connectivity index (χ3n) is 7.75. The monoisotopic (exact) mass is 545 g/mol. The predicted octanol–water partition coefficient (Wildman–Crippen LogP) is 3.53. The van der Waals surface area contributed by atoms with Crippen LogP contribution >= 0.6 is 0 Å². The zero-order valence-electron chi connectivity index (χ0n) is 25.7. The van der Waals surface area contributed by atoms with Gasteiger partial charge in [-0.1, -0.05) is 13.8 Å². The van der Waals surface area contributed by atoms with E-state index in [0.29, 0.717) is 19.0 Å². The molecular formula is C28H48BN5O5. The molecule has 2 amide bonds. The summed E-state index contributed by atoms with van der Waals surface area (Å²) in [5.41, 5.74) is -0.692. The van der Waals surface area contributed by atoms with Gasteiger partial charge in [-0.05, 0) is 81.1 Å². The van der Waals surface area contributed by atoms with E-state index in [0.717, 1.165) is 18.3 Å². The van der Waals surface area contributed by atoms with Crippen LogP contribution in [0, 0.1) is 5.92 Å². The Labute approximate surface area is 234 Å². The lowest BCUT2D eigenvalue weighted by atomic mass is 9.81. The Morgan fingerprint density at radius 3 is 2.00 bits per heavy atom. The highest BCUT2D eigenvalue weighted by Crippen LogP contribution is 2.36. The Morgan fingerprint density at radius 2 is 1.56 bits per heavy atom. The Bertz CT molecular complexity index is 985. The van der Waals surface area contributed by atoms with Gasteiger partial charge in [0.1, 0.15) is 11.6 Å². The van der Waals surface area contributed by atoms with Gasteiger partial charge in [-0.25, -0.2) is 14.8 Å². The van der Waals surface area contributed by atoms with Crippen LogP contribution in [-0.2, 0) is 18.8 Å². The third-order valence-corrected chi connectivity index (χ3v) is 7.75. The summed E-state index contributed by atoms with van der Waals surface area (Å²) in [5, 5.41) is 2.78. The molecular weight excluding hydrogens is 497 g/mol. The van der Waals surface area contributed by atoms with Crippen molar-refractivity contribution >= 4 is 30.5 Å². The van der Waals surface area contributed by atoms with Gasteiger partial charge in [0.25, 0.3) is 0 Å². The fourth-order valence-electron chi connectivity index (χ4n) is 4.89. The first-order valence-corrected chi connectivity index (χ1v) is 14.2. The van der Waals surface area contributed by atoms with Gasteiger partial charge >= 0.3 is 13.2 Å². The number of rotatable bonds is 7. The fraction of sp³-hybridized carbons (Fsp3) is 0.786. The van der Waals surface area contributed by atoms with Crippen molar-refractivity contribution in [1.82, 2.24) is 20.2 Å². The van der Waals surface area contributed by atoms with Crippen molar-refractivity contribution in [3.63, 3.8) is 0 Å². The normalized spacial score (nSPS) is 20.3. The summed E-state index contributed by atoms with van der Waals surface area (Å²) in [6.07, 6.45) is 4.56. The van der Waals surface area contributed by atoms with Crippen molar-refractivity contribution in [3.8, 4) is 0 Å². The van der Waals surface area contributed by atoms with E-state index >= 15 is 0 Å². The molecule has 0 aromatic carbocycles. The number of aromatic nitrogens is 2. The third kappa shape index (κ3) is 7.42. The molecule has 0 bridgehead atoms. The quantitative estimate of drug-likeness (QED) is 0.519. The molecule has 11 heteroatoms.